The van der Waals surface area contributed by atoms with Crippen molar-refractivity contribution in [2.75, 3.05) is 21.1 Å². The smallest absolute Gasteiger partial charge is 0.0323 e. The molecule has 1 N–H and O–H groups in total. The number of rotatable bonds is 3. The maximum atomic E-state index is 3.32. The standard InChI is InChI=1S/C9H22N2/c1-8(2,10-5)9(3,4)11(6)7/h10H,1-7H3. The van der Waals surface area contributed by atoms with Crippen LogP contribution in [0.1, 0.15) is 27.7 Å². The second-order valence-electron chi connectivity index (χ2n) is 4.33. The molecule has 0 saturated heterocycles. The highest BCUT2D eigenvalue weighted by atomic mass is 15.2. The zero-order chi connectivity index (χ0) is 9.28. The third-order valence-electron chi connectivity index (χ3n) is 3.27. The molecule has 11 heavy (non-hydrogen) atoms. The van der Waals surface area contributed by atoms with Crippen LogP contribution in [-0.2, 0) is 0 Å². The minimum Gasteiger partial charge on any atom is -0.313 e. The van der Waals surface area contributed by atoms with Crippen LogP contribution in [0, 0.1) is 0 Å². The van der Waals surface area contributed by atoms with Gasteiger partial charge in [0.15, 0.2) is 0 Å². The van der Waals surface area contributed by atoms with E-state index in [2.05, 4.69) is 52.0 Å². The van der Waals surface area contributed by atoms with Gasteiger partial charge in [0.2, 0.25) is 0 Å². The van der Waals surface area contributed by atoms with Crippen molar-refractivity contribution < 1.29 is 0 Å². The molecule has 0 aliphatic rings. The summed E-state index contributed by atoms with van der Waals surface area (Å²) in [5, 5.41) is 3.32. The maximum Gasteiger partial charge on any atom is 0.0323 e. The van der Waals surface area contributed by atoms with E-state index in [1.54, 1.807) is 0 Å². The summed E-state index contributed by atoms with van der Waals surface area (Å²) >= 11 is 0. The minimum atomic E-state index is 0.135. The predicted molar refractivity (Wildman–Crippen MR) is 50.9 cm³/mol. The zero-order valence-corrected chi connectivity index (χ0v) is 8.95. The lowest BCUT2D eigenvalue weighted by Crippen LogP contribution is -2.61. The van der Waals surface area contributed by atoms with Gasteiger partial charge in [0.05, 0.1) is 0 Å². The van der Waals surface area contributed by atoms with Gasteiger partial charge in [-0.25, -0.2) is 0 Å². The fourth-order valence-electron chi connectivity index (χ4n) is 0.865. The Morgan fingerprint density at radius 2 is 1.36 bits per heavy atom. The number of nitrogens with one attached hydrogen (secondary N) is 1. The Bertz CT molecular complexity index is 126. The molecule has 0 heterocycles. The van der Waals surface area contributed by atoms with Crippen LogP contribution in [0.5, 0.6) is 0 Å². The molecule has 0 aromatic heterocycles. The third-order valence-corrected chi connectivity index (χ3v) is 3.27. The van der Waals surface area contributed by atoms with Crippen molar-refractivity contribution in [1.29, 1.82) is 0 Å². The van der Waals surface area contributed by atoms with E-state index in [0.29, 0.717) is 0 Å². The molecule has 0 saturated carbocycles. The van der Waals surface area contributed by atoms with Crippen molar-refractivity contribution in [2.24, 2.45) is 0 Å². The van der Waals surface area contributed by atoms with Gasteiger partial charge in [-0.2, -0.15) is 0 Å². The molecule has 0 atom stereocenters. The lowest BCUT2D eigenvalue weighted by atomic mass is 9.82. The molecule has 2 heteroatoms. The average molecular weight is 158 g/mol. The Kier molecular flexibility index (Phi) is 3.09. The summed E-state index contributed by atoms with van der Waals surface area (Å²) in [4.78, 5) is 2.24. The van der Waals surface area contributed by atoms with E-state index in [1.807, 2.05) is 7.05 Å². The van der Waals surface area contributed by atoms with Crippen LogP contribution >= 0.6 is 0 Å². The second-order valence-corrected chi connectivity index (χ2v) is 4.33. The Morgan fingerprint density at radius 3 is 1.45 bits per heavy atom. The van der Waals surface area contributed by atoms with Gasteiger partial charge in [-0.1, -0.05) is 0 Å². The number of likely N-dealkylation sites (N-methyl/N-ethyl adjacent to an activating group) is 2. The van der Waals surface area contributed by atoms with Gasteiger partial charge in [0, 0.05) is 11.1 Å². The number of hydrogen-bond acceptors (Lipinski definition) is 2. The van der Waals surface area contributed by atoms with Gasteiger partial charge in [-0.15, -0.1) is 0 Å². The topological polar surface area (TPSA) is 15.3 Å². The third kappa shape index (κ3) is 1.94. The fraction of sp³-hybridized carbons (Fsp3) is 1.00. The van der Waals surface area contributed by atoms with Gasteiger partial charge in [-0.05, 0) is 48.8 Å². The molecule has 0 fully saturated rings. The molecule has 0 rings (SSSR count). The van der Waals surface area contributed by atoms with Crippen molar-refractivity contribution in [3.8, 4) is 0 Å². The minimum absolute atomic E-state index is 0.135. The Morgan fingerprint density at radius 1 is 1.00 bits per heavy atom. The van der Waals surface area contributed by atoms with Crippen molar-refractivity contribution in [2.45, 2.75) is 38.8 Å². The van der Waals surface area contributed by atoms with Crippen molar-refractivity contribution in [1.82, 2.24) is 10.2 Å². The van der Waals surface area contributed by atoms with E-state index < -0.39 is 0 Å². The molecule has 0 spiro atoms. The molecule has 0 unspecified atom stereocenters. The Balaban J connectivity index is 4.53. The maximum absolute atomic E-state index is 3.32. The van der Waals surface area contributed by atoms with E-state index in [4.69, 9.17) is 0 Å². The van der Waals surface area contributed by atoms with Crippen LogP contribution in [0.2, 0.25) is 0 Å². The van der Waals surface area contributed by atoms with E-state index in [0.717, 1.165) is 0 Å². The fourth-order valence-corrected chi connectivity index (χ4v) is 0.865. The molecule has 2 nitrogen and oxygen atoms in total. The molecule has 0 radical (unpaired) electrons. The van der Waals surface area contributed by atoms with Gasteiger partial charge < -0.3 is 10.2 Å². The van der Waals surface area contributed by atoms with E-state index >= 15 is 0 Å². The van der Waals surface area contributed by atoms with E-state index in [1.165, 1.54) is 0 Å². The summed E-state index contributed by atoms with van der Waals surface area (Å²) in [5.41, 5.74) is 0.304. The largest absolute Gasteiger partial charge is 0.313 e. The van der Waals surface area contributed by atoms with E-state index in [9.17, 15) is 0 Å². The number of hydrogen-bond donors (Lipinski definition) is 1. The molecular weight excluding hydrogens is 136 g/mol. The highest BCUT2D eigenvalue weighted by molar-refractivity contribution is 4.98. The van der Waals surface area contributed by atoms with Crippen molar-refractivity contribution in [3.63, 3.8) is 0 Å². The zero-order valence-electron chi connectivity index (χ0n) is 8.95. The van der Waals surface area contributed by atoms with Crippen LogP contribution in [0.15, 0.2) is 0 Å². The molecular formula is C9H22N2. The van der Waals surface area contributed by atoms with Gasteiger partial charge in [-0.3, -0.25) is 0 Å². The lowest BCUT2D eigenvalue weighted by Gasteiger charge is -2.46. The van der Waals surface area contributed by atoms with Gasteiger partial charge >= 0.3 is 0 Å². The highest BCUT2D eigenvalue weighted by Crippen LogP contribution is 2.24. The summed E-state index contributed by atoms with van der Waals surface area (Å²) in [6.07, 6.45) is 0. The molecule has 0 amide bonds. The summed E-state index contributed by atoms with van der Waals surface area (Å²) in [5.74, 6) is 0. The predicted octanol–water partition coefficient (Wildman–Crippen LogP) is 1.32. The Labute approximate surface area is 71.0 Å². The normalized spacial score (nSPS) is 14.2. The van der Waals surface area contributed by atoms with Crippen molar-refractivity contribution >= 4 is 0 Å². The summed E-state index contributed by atoms with van der Waals surface area (Å²) in [6, 6.07) is 0. The second kappa shape index (κ2) is 3.11. The highest BCUT2D eigenvalue weighted by Gasteiger charge is 2.37. The van der Waals surface area contributed by atoms with Crippen LogP contribution in [0.25, 0.3) is 0 Å². The number of nitrogens with zero attached hydrogens (tertiary/aromatic N) is 1. The van der Waals surface area contributed by atoms with Crippen LogP contribution in [-0.4, -0.2) is 37.1 Å². The van der Waals surface area contributed by atoms with Crippen LogP contribution in [0.4, 0.5) is 0 Å². The van der Waals surface area contributed by atoms with Gasteiger partial charge in [0.25, 0.3) is 0 Å². The molecule has 0 aliphatic carbocycles. The van der Waals surface area contributed by atoms with Crippen LogP contribution < -0.4 is 5.32 Å². The quantitative estimate of drug-likeness (QED) is 0.666. The van der Waals surface area contributed by atoms with Gasteiger partial charge in [0.1, 0.15) is 0 Å². The SMILES string of the molecule is CNC(C)(C)C(C)(C)N(C)C. The monoisotopic (exact) mass is 158 g/mol. The lowest BCUT2D eigenvalue weighted by molar-refractivity contribution is 0.0900. The molecule has 68 valence electrons. The summed E-state index contributed by atoms with van der Waals surface area (Å²) in [6.45, 7) is 8.91. The molecule has 0 bridgehead atoms. The first kappa shape index (κ1) is 10.9. The van der Waals surface area contributed by atoms with Crippen LogP contribution in [0.3, 0.4) is 0 Å². The molecule has 0 aliphatic heterocycles. The first-order valence-electron chi connectivity index (χ1n) is 4.12. The summed E-state index contributed by atoms with van der Waals surface area (Å²) in [7, 11) is 6.23. The van der Waals surface area contributed by atoms with Crippen molar-refractivity contribution in [3.05, 3.63) is 0 Å². The Hall–Kier alpha value is -0.0800. The molecule has 0 aromatic carbocycles. The first-order chi connectivity index (χ1) is 4.75. The first-order valence-corrected chi connectivity index (χ1v) is 4.12. The molecule has 0 aromatic rings. The summed E-state index contributed by atoms with van der Waals surface area (Å²) < 4.78 is 0. The van der Waals surface area contributed by atoms with E-state index in [-0.39, 0.29) is 11.1 Å². The average Bonchev–Trinajstić information content (AvgIpc) is 1.87.